The SMILES string of the molecule is c1ccc(N(c2ccccc2)c2ccc(-c3cc4c5ccccc5oc4c4c3sc3ccccc34)c3sc4cc5ccccc5cc4c23)cc1. The van der Waals surface area contributed by atoms with Crippen LogP contribution in [0.1, 0.15) is 0 Å². The van der Waals surface area contributed by atoms with Crippen LogP contribution >= 0.6 is 22.7 Å². The summed E-state index contributed by atoms with van der Waals surface area (Å²) in [7, 11) is 0. The van der Waals surface area contributed by atoms with E-state index in [0.717, 1.165) is 33.3 Å². The monoisotopic (exact) mass is 673 g/mol. The van der Waals surface area contributed by atoms with Crippen molar-refractivity contribution in [3.05, 3.63) is 164 Å². The average Bonchev–Trinajstić information content (AvgIpc) is 3.86. The molecule has 0 atom stereocenters. The Morgan fingerprint density at radius 2 is 1.04 bits per heavy atom. The number of benzene rings is 8. The lowest BCUT2D eigenvalue weighted by molar-refractivity contribution is 0.673. The van der Waals surface area contributed by atoms with Crippen molar-refractivity contribution < 1.29 is 4.42 Å². The second-order valence-electron chi connectivity index (χ2n) is 12.8. The summed E-state index contributed by atoms with van der Waals surface area (Å²) in [6.07, 6.45) is 0. The fraction of sp³-hybridized carbons (Fsp3) is 0. The minimum absolute atomic E-state index is 0.923. The quantitative estimate of drug-likeness (QED) is 0.185. The molecule has 0 radical (unpaired) electrons. The van der Waals surface area contributed by atoms with E-state index < -0.39 is 0 Å². The highest BCUT2D eigenvalue weighted by Crippen LogP contribution is 2.52. The van der Waals surface area contributed by atoms with Crippen molar-refractivity contribution >= 4 is 113 Å². The first kappa shape index (κ1) is 28.0. The Morgan fingerprint density at radius 3 is 1.82 bits per heavy atom. The van der Waals surface area contributed by atoms with E-state index in [-0.39, 0.29) is 0 Å². The van der Waals surface area contributed by atoms with Crippen LogP contribution in [0.4, 0.5) is 17.1 Å². The summed E-state index contributed by atoms with van der Waals surface area (Å²) >= 11 is 3.76. The second-order valence-corrected chi connectivity index (χ2v) is 14.9. The Labute approximate surface area is 295 Å². The van der Waals surface area contributed by atoms with Crippen molar-refractivity contribution in [3.8, 4) is 11.1 Å². The summed E-state index contributed by atoms with van der Waals surface area (Å²) in [5.41, 5.74) is 7.82. The molecule has 4 heteroatoms. The predicted octanol–water partition coefficient (Wildman–Crippen LogP) is 14.6. The first-order chi connectivity index (χ1) is 24.8. The topological polar surface area (TPSA) is 16.4 Å². The fourth-order valence-corrected chi connectivity index (χ4v) is 10.3. The number of anilines is 3. The van der Waals surface area contributed by atoms with Gasteiger partial charge in [0, 0.05) is 73.6 Å². The average molecular weight is 674 g/mol. The number of hydrogen-bond acceptors (Lipinski definition) is 4. The molecular weight excluding hydrogens is 647 g/mol. The molecule has 0 saturated heterocycles. The van der Waals surface area contributed by atoms with E-state index in [1.165, 1.54) is 67.9 Å². The third-order valence-corrected chi connectivity index (χ3v) is 12.4. The molecule has 234 valence electrons. The van der Waals surface area contributed by atoms with Gasteiger partial charge in [-0.2, -0.15) is 0 Å². The standard InChI is InChI=1S/C46H27NOS2/c1-3-15-30(16-4-1)47(31-17-5-2-6-18-31)38-24-23-33(45-42(38)37-25-28-13-7-8-14-29(28)26-41(37)50-45)36-27-35-32-19-9-11-21-39(32)48-44(35)43-34-20-10-12-22-40(34)49-46(36)43/h1-27H. The maximum absolute atomic E-state index is 6.65. The molecule has 8 aromatic carbocycles. The Bertz CT molecular complexity index is 3060. The van der Waals surface area contributed by atoms with Gasteiger partial charge in [0.05, 0.1) is 5.69 Å². The maximum atomic E-state index is 6.65. The van der Waals surface area contributed by atoms with Gasteiger partial charge in [0.1, 0.15) is 11.2 Å². The number of fused-ring (bicyclic) bond motifs is 11. The lowest BCUT2D eigenvalue weighted by Gasteiger charge is -2.27. The zero-order chi connectivity index (χ0) is 32.8. The van der Waals surface area contributed by atoms with Crippen LogP contribution in [0.2, 0.25) is 0 Å². The van der Waals surface area contributed by atoms with Gasteiger partial charge < -0.3 is 9.32 Å². The molecule has 50 heavy (non-hydrogen) atoms. The molecule has 2 nitrogen and oxygen atoms in total. The molecule has 0 aliphatic carbocycles. The molecule has 11 aromatic rings. The first-order valence-electron chi connectivity index (χ1n) is 16.8. The van der Waals surface area contributed by atoms with Gasteiger partial charge in [0.2, 0.25) is 0 Å². The molecule has 0 aliphatic heterocycles. The van der Waals surface area contributed by atoms with Gasteiger partial charge in [-0.1, -0.05) is 103 Å². The summed E-state index contributed by atoms with van der Waals surface area (Å²) in [5, 5.41) is 9.81. The van der Waals surface area contributed by atoms with Crippen molar-refractivity contribution in [2.45, 2.75) is 0 Å². The maximum Gasteiger partial charge on any atom is 0.144 e. The minimum Gasteiger partial charge on any atom is -0.455 e. The molecule has 0 amide bonds. The van der Waals surface area contributed by atoms with Crippen molar-refractivity contribution in [1.82, 2.24) is 0 Å². The van der Waals surface area contributed by atoms with E-state index in [4.69, 9.17) is 4.42 Å². The highest BCUT2D eigenvalue weighted by atomic mass is 32.1. The Hall–Kier alpha value is -5.94. The number of thiophene rings is 2. The van der Waals surface area contributed by atoms with Crippen LogP contribution in [-0.4, -0.2) is 0 Å². The van der Waals surface area contributed by atoms with E-state index in [1.54, 1.807) is 0 Å². The molecule has 0 saturated carbocycles. The molecule has 0 spiro atoms. The zero-order valence-corrected chi connectivity index (χ0v) is 28.4. The molecule has 3 heterocycles. The van der Waals surface area contributed by atoms with Gasteiger partial charge in [-0.15, -0.1) is 22.7 Å². The van der Waals surface area contributed by atoms with Crippen LogP contribution in [0, 0.1) is 0 Å². The van der Waals surface area contributed by atoms with E-state index in [2.05, 4.69) is 169 Å². The smallest absolute Gasteiger partial charge is 0.144 e. The van der Waals surface area contributed by atoms with Crippen LogP contribution in [0.5, 0.6) is 0 Å². The molecule has 11 rings (SSSR count). The Balaban J connectivity index is 1.30. The van der Waals surface area contributed by atoms with Crippen LogP contribution in [0.15, 0.2) is 168 Å². The Kier molecular flexibility index (Phi) is 6.03. The molecule has 0 bridgehead atoms. The number of para-hydroxylation sites is 3. The second kappa shape index (κ2) is 10.8. The van der Waals surface area contributed by atoms with Gasteiger partial charge in [-0.3, -0.25) is 0 Å². The fourth-order valence-electron chi connectivity index (χ4n) is 7.79. The molecule has 3 aromatic heterocycles. The lowest BCUT2D eigenvalue weighted by atomic mass is 9.96. The van der Waals surface area contributed by atoms with Crippen LogP contribution < -0.4 is 4.90 Å². The molecule has 0 fully saturated rings. The molecule has 0 aliphatic rings. The number of nitrogens with zero attached hydrogens (tertiary/aromatic N) is 1. The van der Waals surface area contributed by atoms with Crippen LogP contribution in [0.3, 0.4) is 0 Å². The van der Waals surface area contributed by atoms with Crippen molar-refractivity contribution in [1.29, 1.82) is 0 Å². The van der Waals surface area contributed by atoms with E-state index in [0.29, 0.717) is 0 Å². The minimum atomic E-state index is 0.923. The number of furan rings is 1. The van der Waals surface area contributed by atoms with Crippen molar-refractivity contribution in [2.24, 2.45) is 0 Å². The summed E-state index contributed by atoms with van der Waals surface area (Å²) < 4.78 is 11.8. The lowest BCUT2D eigenvalue weighted by Crippen LogP contribution is -2.10. The highest BCUT2D eigenvalue weighted by Gasteiger charge is 2.24. The van der Waals surface area contributed by atoms with Crippen molar-refractivity contribution in [3.63, 3.8) is 0 Å². The molecule has 0 N–H and O–H groups in total. The summed E-state index contributed by atoms with van der Waals surface area (Å²) in [6.45, 7) is 0. The number of hydrogen-bond donors (Lipinski definition) is 0. The van der Waals surface area contributed by atoms with E-state index in [1.807, 2.05) is 22.7 Å². The van der Waals surface area contributed by atoms with Gasteiger partial charge >= 0.3 is 0 Å². The summed E-state index contributed by atoms with van der Waals surface area (Å²) in [5.74, 6) is 0. The summed E-state index contributed by atoms with van der Waals surface area (Å²) in [6, 6.07) is 59.3. The van der Waals surface area contributed by atoms with E-state index in [9.17, 15) is 0 Å². The van der Waals surface area contributed by atoms with Crippen LogP contribution in [-0.2, 0) is 0 Å². The van der Waals surface area contributed by atoms with Crippen molar-refractivity contribution in [2.75, 3.05) is 4.90 Å². The third kappa shape index (κ3) is 4.07. The van der Waals surface area contributed by atoms with Crippen LogP contribution in [0.25, 0.3) is 84.2 Å². The molecule has 0 unspecified atom stereocenters. The summed E-state index contributed by atoms with van der Waals surface area (Å²) in [4.78, 5) is 2.41. The third-order valence-electron chi connectivity index (χ3n) is 10.0. The predicted molar refractivity (Wildman–Crippen MR) is 217 cm³/mol. The first-order valence-corrected chi connectivity index (χ1v) is 18.5. The normalized spacial score (nSPS) is 12.0. The zero-order valence-electron chi connectivity index (χ0n) is 26.8. The molecular formula is C46H27NOS2. The van der Waals surface area contributed by atoms with Gasteiger partial charge in [-0.25, -0.2) is 0 Å². The van der Waals surface area contributed by atoms with Gasteiger partial charge in [0.25, 0.3) is 0 Å². The largest absolute Gasteiger partial charge is 0.455 e. The van der Waals surface area contributed by atoms with E-state index >= 15 is 0 Å². The number of rotatable bonds is 4. The highest BCUT2D eigenvalue weighted by molar-refractivity contribution is 7.27. The van der Waals surface area contributed by atoms with Gasteiger partial charge in [0.15, 0.2) is 0 Å². The van der Waals surface area contributed by atoms with Gasteiger partial charge in [-0.05, 0) is 71.4 Å². The Morgan fingerprint density at radius 1 is 0.420 bits per heavy atom.